The third kappa shape index (κ3) is 7.63. The van der Waals surface area contributed by atoms with Gasteiger partial charge in [0.15, 0.2) is 0 Å². The largest absolute Gasteiger partial charge is 0.494 e. The van der Waals surface area contributed by atoms with Gasteiger partial charge < -0.3 is 9.84 Å². The van der Waals surface area contributed by atoms with E-state index in [1.54, 1.807) is 0 Å². The molecule has 41 heavy (non-hydrogen) atoms. The maximum Gasteiger partial charge on any atom is 0.119 e. The van der Waals surface area contributed by atoms with Gasteiger partial charge in [-0.1, -0.05) is 66.7 Å². The topological polar surface area (TPSA) is 50.5 Å². The molecule has 5 aromatic rings. The van der Waals surface area contributed by atoms with Crippen LogP contribution < -0.4 is 4.74 Å². The van der Waals surface area contributed by atoms with E-state index in [1.165, 1.54) is 40.3 Å². The number of hydrogen-bond acceptors (Lipinski definition) is 4. The number of para-hydroxylation sites is 1. The number of nitrogens with zero attached hydrogens (tertiary/aromatic N) is 3. The van der Waals surface area contributed by atoms with Gasteiger partial charge in [0.05, 0.1) is 24.6 Å². The molecule has 0 unspecified atom stereocenters. The van der Waals surface area contributed by atoms with Gasteiger partial charge in [-0.2, -0.15) is 5.10 Å². The van der Waals surface area contributed by atoms with E-state index in [4.69, 9.17) is 9.84 Å². The number of fused-ring (bicyclic) bond motifs is 1. The first-order chi connectivity index (χ1) is 20.1. The fraction of sp³-hybridized carbons (Fsp3) is 0.306. The van der Waals surface area contributed by atoms with Crippen LogP contribution in [0, 0.1) is 13.8 Å². The Kier molecular flexibility index (Phi) is 9.84. The summed E-state index contributed by atoms with van der Waals surface area (Å²) in [6, 6.07) is 33.9. The van der Waals surface area contributed by atoms with Crippen LogP contribution >= 0.6 is 0 Å². The highest BCUT2D eigenvalue weighted by Gasteiger charge is 2.16. The molecule has 5 nitrogen and oxygen atoms in total. The summed E-state index contributed by atoms with van der Waals surface area (Å²) in [6.45, 7) is 7.15. The lowest BCUT2D eigenvalue weighted by atomic mass is 10.1. The van der Waals surface area contributed by atoms with Crippen molar-refractivity contribution in [2.75, 3.05) is 19.8 Å². The van der Waals surface area contributed by atoms with Gasteiger partial charge in [-0.25, -0.2) is 4.68 Å². The number of unbranched alkanes of at least 4 members (excludes halogenated alkanes) is 2. The zero-order valence-electron chi connectivity index (χ0n) is 24.3. The van der Waals surface area contributed by atoms with Crippen LogP contribution in [0.3, 0.4) is 0 Å². The second kappa shape index (κ2) is 14.1. The molecule has 0 saturated heterocycles. The zero-order valence-corrected chi connectivity index (χ0v) is 24.3. The summed E-state index contributed by atoms with van der Waals surface area (Å²) in [6.07, 6.45) is 4.55. The molecule has 0 aliphatic heterocycles. The summed E-state index contributed by atoms with van der Waals surface area (Å²) < 4.78 is 8.09. The number of aromatic nitrogens is 2. The van der Waals surface area contributed by atoms with Crippen molar-refractivity contribution in [3.05, 3.63) is 125 Å². The minimum absolute atomic E-state index is 0.117. The third-order valence-electron chi connectivity index (χ3n) is 7.74. The van der Waals surface area contributed by atoms with E-state index in [1.807, 2.05) is 22.9 Å². The van der Waals surface area contributed by atoms with Crippen molar-refractivity contribution in [1.29, 1.82) is 0 Å². The van der Waals surface area contributed by atoms with Crippen molar-refractivity contribution in [3.63, 3.8) is 0 Å². The average molecular weight is 548 g/mol. The van der Waals surface area contributed by atoms with Crippen LogP contribution in [0.2, 0.25) is 0 Å². The molecule has 4 aromatic carbocycles. The first kappa shape index (κ1) is 28.6. The standard InChI is InChI=1S/C36H41N3O2/c1-28-36(29(2)39(37-28)34-15-9-4-10-16-34)27-38(21-22-40)26-31-17-18-33-25-35(20-19-32(33)24-31)41-23-11-5-8-14-30-12-6-3-7-13-30/h3-4,6-7,9-10,12-13,15-20,24-25,40H,5,8,11,14,21-23,26-27H2,1-2H3. The van der Waals surface area contributed by atoms with Crippen LogP contribution in [-0.4, -0.2) is 39.5 Å². The normalized spacial score (nSPS) is 11.4. The summed E-state index contributed by atoms with van der Waals surface area (Å²) in [7, 11) is 0. The van der Waals surface area contributed by atoms with E-state index in [9.17, 15) is 5.11 Å². The van der Waals surface area contributed by atoms with Gasteiger partial charge in [-0.3, -0.25) is 4.90 Å². The lowest BCUT2D eigenvalue weighted by molar-refractivity contribution is 0.184. The summed E-state index contributed by atoms with van der Waals surface area (Å²) in [5.74, 6) is 0.927. The Morgan fingerprint density at radius 1 is 0.756 bits per heavy atom. The number of rotatable bonds is 14. The lowest BCUT2D eigenvalue weighted by Gasteiger charge is -2.22. The molecule has 1 aromatic heterocycles. The fourth-order valence-electron chi connectivity index (χ4n) is 5.47. The molecule has 0 spiro atoms. The highest BCUT2D eigenvalue weighted by atomic mass is 16.5. The number of hydrogen-bond donors (Lipinski definition) is 1. The number of aryl methyl sites for hydroxylation is 2. The first-order valence-electron chi connectivity index (χ1n) is 14.7. The lowest BCUT2D eigenvalue weighted by Crippen LogP contribution is -2.26. The Labute approximate surface area is 244 Å². The Morgan fingerprint density at radius 2 is 1.49 bits per heavy atom. The molecule has 0 amide bonds. The quantitative estimate of drug-likeness (QED) is 0.147. The molecule has 0 fully saturated rings. The molecule has 5 heteroatoms. The predicted octanol–water partition coefficient (Wildman–Crippen LogP) is 7.43. The van der Waals surface area contributed by atoms with Crippen molar-refractivity contribution < 1.29 is 9.84 Å². The molecule has 0 aliphatic rings. The Bertz CT molecular complexity index is 1530. The minimum atomic E-state index is 0.117. The molecule has 0 saturated carbocycles. The van der Waals surface area contributed by atoms with E-state index in [-0.39, 0.29) is 6.61 Å². The molecule has 1 N–H and O–H groups in total. The Balaban J connectivity index is 1.17. The smallest absolute Gasteiger partial charge is 0.119 e. The SMILES string of the molecule is Cc1nn(-c2ccccc2)c(C)c1CN(CCO)Cc1ccc2cc(OCCCCCc3ccccc3)ccc2c1. The molecule has 5 rings (SSSR count). The average Bonchev–Trinajstić information content (AvgIpc) is 3.28. The van der Waals surface area contributed by atoms with E-state index < -0.39 is 0 Å². The van der Waals surface area contributed by atoms with Crippen molar-refractivity contribution in [1.82, 2.24) is 14.7 Å². The highest BCUT2D eigenvalue weighted by molar-refractivity contribution is 5.84. The molecular formula is C36H41N3O2. The van der Waals surface area contributed by atoms with E-state index >= 15 is 0 Å². The van der Waals surface area contributed by atoms with E-state index in [0.717, 1.165) is 55.4 Å². The van der Waals surface area contributed by atoms with Crippen LogP contribution in [0.15, 0.2) is 97.1 Å². The summed E-state index contributed by atoms with van der Waals surface area (Å²) >= 11 is 0. The van der Waals surface area contributed by atoms with Crippen LogP contribution in [0.1, 0.15) is 47.3 Å². The van der Waals surface area contributed by atoms with Crippen molar-refractivity contribution in [3.8, 4) is 11.4 Å². The molecule has 1 heterocycles. The first-order valence-corrected chi connectivity index (χ1v) is 14.7. The molecule has 0 atom stereocenters. The highest BCUT2D eigenvalue weighted by Crippen LogP contribution is 2.25. The number of ether oxygens (including phenoxy) is 1. The van der Waals surface area contributed by atoms with E-state index in [0.29, 0.717) is 6.54 Å². The zero-order chi connectivity index (χ0) is 28.4. The predicted molar refractivity (Wildman–Crippen MR) is 168 cm³/mol. The Hall–Kier alpha value is -3.93. The third-order valence-corrected chi connectivity index (χ3v) is 7.74. The Morgan fingerprint density at radius 3 is 2.27 bits per heavy atom. The van der Waals surface area contributed by atoms with Gasteiger partial charge in [-0.05, 0) is 91.8 Å². The van der Waals surface area contributed by atoms with Gasteiger partial charge >= 0.3 is 0 Å². The van der Waals surface area contributed by atoms with Crippen molar-refractivity contribution in [2.45, 2.75) is 52.6 Å². The van der Waals surface area contributed by atoms with E-state index in [2.05, 4.69) is 97.6 Å². The van der Waals surface area contributed by atoms with Gasteiger partial charge in [0.25, 0.3) is 0 Å². The number of aliphatic hydroxyl groups is 1. The molecular weight excluding hydrogens is 506 g/mol. The summed E-state index contributed by atoms with van der Waals surface area (Å²) in [5, 5.41) is 17.0. The maximum absolute atomic E-state index is 9.81. The van der Waals surface area contributed by atoms with Gasteiger partial charge in [0.1, 0.15) is 5.75 Å². The monoisotopic (exact) mass is 547 g/mol. The molecule has 212 valence electrons. The fourth-order valence-corrected chi connectivity index (χ4v) is 5.47. The number of aliphatic hydroxyl groups excluding tert-OH is 1. The minimum Gasteiger partial charge on any atom is -0.494 e. The maximum atomic E-state index is 9.81. The molecule has 0 radical (unpaired) electrons. The second-order valence-electron chi connectivity index (χ2n) is 10.8. The summed E-state index contributed by atoms with van der Waals surface area (Å²) in [4.78, 5) is 2.29. The van der Waals surface area contributed by atoms with Gasteiger partial charge in [0, 0.05) is 30.9 Å². The van der Waals surface area contributed by atoms with Crippen LogP contribution in [0.5, 0.6) is 5.75 Å². The van der Waals surface area contributed by atoms with Gasteiger partial charge in [-0.15, -0.1) is 0 Å². The van der Waals surface area contributed by atoms with Crippen molar-refractivity contribution >= 4 is 10.8 Å². The molecule has 0 aliphatic carbocycles. The van der Waals surface area contributed by atoms with Crippen LogP contribution in [0.4, 0.5) is 0 Å². The second-order valence-corrected chi connectivity index (χ2v) is 10.8. The van der Waals surface area contributed by atoms with Crippen molar-refractivity contribution in [2.24, 2.45) is 0 Å². The summed E-state index contributed by atoms with van der Waals surface area (Å²) in [5.41, 5.74) is 7.07. The van der Waals surface area contributed by atoms with Crippen LogP contribution in [0.25, 0.3) is 16.5 Å². The van der Waals surface area contributed by atoms with Gasteiger partial charge in [0.2, 0.25) is 0 Å². The van der Waals surface area contributed by atoms with Crippen LogP contribution in [-0.2, 0) is 19.5 Å². The number of benzene rings is 4. The molecule has 0 bridgehead atoms.